The molecule has 1 heterocycles. The van der Waals surface area contributed by atoms with Crippen molar-refractivity contribution >= 4 is 17.3 Å². The lowest BCUT2D eigenvalue weighted by Crippen LogP contribution is -2.37. The summed E-state index contributed by atoms with van der Waals surface area (Å²) >= 11 is 0. The molecule has 1 unspecified atom stereocenters. The molecular weight excluding hydrogens is 408 g/mol. The molecule has 0 bridgehead atoms. The van der Waals surface area contributed by atoms with Gasteiger partial charge in [0.15, 0.2) is 0 Å². The van der Waals surface area contributed by atoms with Gasteiger partial charge in [0.2, 0.25) is 0 Å². The second kappa shape index (κ2) is 10.5. The zero-order valence-electron chi connectivity index (χ0n) is 19.2. The minimum atomic E-state index is -0.461. The van der Waals surface area contributed by atoms with E-state index in [0.29, 0.717) is 18.0 Å². The van der Waals surface area contributed by atoms with Gasteiger partial charge in [-0.15, -0.1) is 0 Å². The number of rotatable bonds is 8. The Morgan fingerprint density at radius 3 is 2.59 bits per heavy atom. The maximum Gasteiger partial charge on any atom is 0.270 e. The number of anilines is 1. The Labute approximate surface area is 189 Å². The molecule has 0 aromatic heterocycles. The van der Waals surface area contributed by atoms with E-state index in [2.05, 4.69) is 17.1 Å². The number of non-ortho nitro benzene ring substituents is 1. The Morgan fingerprint density at radius 2 is 1.97 bits per heavy atom. The van der Waals surface area contributed by atoms with E-state index in [1.165, 1.54) is 12.1 Å². The molecule has 1 aliphatic rings. The van der Waals surface area contributed by atoms with E-state index in [0.717, 1.165) is 42.9 Å². The normalized spacial score (nSPS) is 15.5. The molecule has 1 saturated heterocycles. The predicted octanol–water partition coefficient (Wildman–Crippen LogP) is 3.87. The van der Waals surface area contributed by atoms with Gasteiger partial charge in [0.25, 0.3) is 11.6 Å². The summed E-state index contributed by atoms with van der Waals surface area (Å²) in [6.07, 6.45) is 2.08. The Morgan fingerprint density at radius 1 is 1.25 bits per heavy atom. The summed E-state index contributed by atoms with van der Waals surface area (Å²) in [6.45, 7) is 4.26. The summed E-state index contributed by atoms with van der Waals surface area (Å²) in [4.78, 5) is 28.3. The molecule has 172 valence electrons. The molecule has 0 aliphatic carbocycles. The molecule has 1 atom stereocenters. The number of benzene rings is 2. The third kappa shape index (κ3) is 5.56. The fourth-order valence-corrected chi connectivity index (χ4v) is 4.08. The number of ether oxygens (including phenoxy) is 1. The highest BCUT2D eigenvalue weighted by molar-refractivity contribution is 6.00. The van der Waals surface area contributed by atoms with Gasteiger partial charge in [-0.1, -0.05) is 19.1 Å². The standard InChI is InChI=1S/C24H32N4O4/c1-17-10-12-27(13-11-17)22-9-8-19(28(30)31)15-21(22)24(29)25-16-23(26(2)3)18-6-5-7-20(14-18)32-4/h5-9,14-15,17,23H,10-13,16H2,1-4H3,(H,25,29). The van der Waals surface area contributed by atoms with E-state index in [4.69, 9.17) is 4.74 Å². The first-order valence-electron chi connectivity index (χ1n) is 10.9. The third-order valence-corrected chi connectivity index (χ3v) is 6.12. The summed E-state index contributed by atoms with van der Waals surface area (Å²) in [6, 6.07) is 12.2. The highest BCUT2D eigenvalue weighted by atomic mass is 16.6. The van der Waals surface area contributed by atoms with E-state index >= 15 is 0 Å². The fraction of sp³-hybridized carbons (Fsp3) is 0.458. The number of nitrogens with zero attached hydrogens (tertiary/aromatic N) is 3. The van der Waals surface area contributed by atoms with Crippen molar-refractivity contribution in [1.82, 2.24) is 10.2 Å². The van der Waals surface area contributed by atoms with Crippen molar-refractivity contribution < 1.29 is 14.5 Å². The number of carbonyl (C=O) groups excluding carboxylic acids is 1. The lowest BCUT2D eigenvalue weighted by Gasteiger charge is -2.33. The van der Waals surface area contributed by atoms with Crippen LogP contribution in [0.4, 0.5) is 11.4 Å². The van der Waals surface area contributed by atoms with Gasteiger partial charge in [0.05, 0.1) is 29.3 Å². The van der Waals surface area contributed by atoms with Crippen molar-refractivity contribution in [3.63, 3.8) is 0 Å². The largest absolute Gasteiger partial charge is 0.497 e. The topological polar surface area (TPSA) is 87.9 Å². The summed E-state index contributed by atoms with van der Waals surface area (Å²) in [7, 11) is 5.52. The SMILES string of the molecule is COc1cccc(C(CNC(=O)c2cc([N+](=O)[O-])ccc2N2CCC(C)CC2)N(C)C)c1. The summed E-state index contributed by atoms with van der Waals surface area (Å²) in [5.74, 6) is 1.09. The van der Waals surface area contributed by atoms with Crippen LogP contribution in [0, 0.1) is 16.0 Å². The average molecular weight is 441 g/mol. The number of methoxy groups -OCH3 is 1. The van der Waals surface area contributed by atoms with E-state index in [9.17, 15) is 14.9 Å². The molecule has 1 N–H and O–H groups in total. The number of carbonyl (C=O) groups is 1. The molecule has 1 aliphatic heterocycles. The molecule has 2 aromatic rings. The molecule has 0 saturated carbocycles. The van der Waals surface area contributed by atoms with Crippen molar-refractivity contribution in [1.29, 1.82) is 0 Å². The predicted molar refractivity (Wildman–Crippen MR) is 125 cm³/mol. The van der Waals surface area contributed by atoms with Crippen LogP contribution in [0.2, 0.25) is 0 Å². The quantitative estimate of drug-likeness (QED) is 0.495. The fourth-order valence-electron chi connectivity index (χ4n) is 4.08. The Kier molecular flexibility index (Phi) is 7.69. The molecular formula is C24H32N4O4. The lowest BCUT2D eigenvalue weighted by molar-refractivity contribution is -0.384. The zero-order valence-corrected chi connectivity index (χ0v) is 19.2. The van der Waals surface area contributed by atoms with Gasteiger partial charge in [-0.05, 0) is 56.6 Å². The summed E-state index contributed by atoms with van der Waals surface area (Å²) in [5, 5.41) is 14.3. The van der Waals surface area contributed by atoms with Crippen LogP contribution in [0.15, 0.2) is 42.5 Å². The number of nitro groups is 1. The van der Waals surface area contributed by atoms with Crippen LogP contribution < -0.4 is 15.0 Å². The van der Waals surface area contributed by atoms with Crippen LogP contribution in [0.25, 0.3) is 0 Å². The molecule has 0 radical (unpaired) electrons. The van der Waals surface area contributed by atoms with Crippen LogP contribution in [0.1, 0.15) is 41.7 Å². The molecule has 1 fully saturated rings. The zero-order chi connectivity index (χ0) is 23.3. The van der Waals surface area contributed by atoms with Crippen molar-refractivity contribution in [3.8, 4) is 5.75 Å². The number of hydrogen-bond donors (Lipinski definition) is 1. The average Bonchev–Trinajstić information content (AvgIpc) is 2.79. The minimum Gasteiger partial charge on any atom is -0.497 e. The van der Waals surface area contributed by atoms with E-state index in [1.54, 1.807) is 13.2 Å². The number of hydrogen-bond acceptors (Lipinski definition) is 6. The van der Waals surface area contributed by atoms with Crippen molar-refractivity contribution in [2.75, 3.05) is 45.7 Å². The number of likely N-dealkylation sites (N-methyl/N-ethyl adjacent to an activating group) is 1. The monoisotopic (exact) mass is 440 g/mol. The Hall–Kier alpha value is -3.13. The third-order valence-electron chi connectivity index (χ3n) is 6.12. The maximum atomic E-state index is 13.2. The molecule has 0 spiro atoms. The molecule has 3 rings (SSSR count). The van der Waals surface area contributed by atoms with Gasteiger partial charge >= 0.3 is 0 Å². The van der Waals surface area contributed by atoms with Gasteiger partial charge in [-0.25, -0.2) is 0 Å². The molecule has 1 amide bonds. The molecule has 8 heteroatoms. The van der Waals surface area contributed by atoms with Crippen LogP contribution in [-0.2, 0) is 0 Å². The second-order valence-corrected chi connectivity index (χ2v) is 8.59. The van der Waals surface area contributed by atoms with Crippen molar-refractivity contribution in [3.05, 3.63) is 63.7 Å². The van der Waals surface area contributed by atoms with Gasteiger partial charge < -0.3 is 19.9 Å². The smallest absolute Gasteiger partial charge is 0.270 e. The van der Waals surface area contributed by atoms with Gasteiger partial charge in [0.1, 0.15) is 5.75 Å². The lowest BCUT2D eigenvalue weighted by atomic mass is 9.97. The van der Waals surface area contributed by atoms with E-state index in [-0.39, 0.29) is 17.6 Å². The number of nitrogens with one attached hydrogen (secondary N) is 1. The van der Waals surface area contributed by atoms with Gasteiger partial charge in [-0.3, -0.25) is 14.9 Å². The minimum absolute atomic E-state index is 0.0768. The van der Waals surface area contributed by atoms with E-state index in [1.807, 2.05) is 43.3 Å². The van der Waals surface area contributed by atoms with Crippen LogP contribution in [-0.4, -0.2) is 56.6 Å². The number of amides is 1. The van der Waals surface area contributed by atoms with Gasteiger partial charge in [0, 0.05) is 31.8 Å². The first-order chi connectivity index (χ1) is 15.3. The van der Waals surface area contributed by atoms with Crippen LogP contribution in [0.3, 0.4) is 0 Å². The molecule has 8 nitrogen and oxygen atoms in total. The Balaban J connectivity index is 1.83. The van der Waals surface area contributed by atoms with Crippen molar-refractivity contribution in [2.24, 2.45) is 5.92 Å². The number of piperidine rings is 1. The maximum absolute atomic E-state index is 13.2. The number of nitro benzene ring substituents is 1. The van der Waals surface area contributed by atoms with Crippen molar-refractivity contribution in [2.45, 2.75) is 25.8 Å². The highest BCUT2D eigenvalue weighted by Gasteiger charge is 2.24. The first kappa shape index (κ1) is 23.5. The van der Waals surface area contributed by atoms with Gasteiger partial charge in [-0.2, -0.15) is 0 Å². The van der Waals surface area contributed by atoms with Crippen LogP contribution in [0.5, 0.6) is 5.75 Å². The molecule has 32 heavy (non-hydrogen) atoms. The Bertz CT molecular complexity index is 955. The second-order valence-electron chi connectivity index (χ2n) is 8.59. The van der Waals surface area contributed by atoms with E-state index < -0.39 is 4.92 Å². The molecule has 2 aromatic carbocycles. The summed E-state index contributed by atoms with van der Waals surface area (Å²) in [5.41, 5.74) is 2.03. The first-order valence-corrected chi connectivity index (χ1v) is 10.9. The summed E-state index contributed by atoms with van der Waals surface area (Å²) < 4.78 is 5.33. The van der Waals surface area contributed by atoms with Crippen LogP contribution >= 0.6 is 0 Å². The highest BCUT2D eigenvalue weighted by Crippen LogP contribution is 2.30.